The van der Waals surface area contributed by atoms with Crippen molar-refractivity contribution in [1.82, 2.24) is 10.6 Å². The Labute approximate surface area is 235 Å². The van der Waals surface area contributed by atoms with E-state index in [1.54, 1.807) is 14.2 Å². The summed E-state index contributed by atoms with van der Waals surface area (Å²) in [5.74, 6) is 0. The van der Waals surface area contributed by atoms with Crippen LogP contribution in [0.3, 0.4) is 0 Å². The van der Waals surface area contributed by atoms with Crippen molar-refractivity contribution in [2.75, 3.05) is 27.4 Å². The van der Waals surface area contributed by atoms with Crippen molar-refractivity contribution in [3.05, 3.63) is 11.4 Å². The van der Waals surface area contributed by atoms with Gasteiger partial charge >= 0.3 is 0 Å². The van der Waals surface area contributed by atoms with Gasteiger partial charge in [-0.3, -0.25) is 0 Å². The number of rotatable bonds is 26. The Balaban J connectivity index is 4.37. The monoisotopic (exact) mass is 532 g/mol. The zero-order valence-corrected chi connectivity index (χ0v) is 25.9. The standard InChI is InChI=1S/C32H60N4O2/c1-31(2,23-19-15-11-7-9-13-17-21-25-37-5)35-29(27-33)30(28-34)36-32(3,4)24-20-16-12-8-10-14-18-22-26-38-6/h35-36H,7-26H2,1-6H3/b30-29-. The summed E-state index contributed by atoms with van der Waals surface area (Å²) in [7, 11) is 3.53. The maximum Gasteiger partial charge on any atom is 0.148 e. The first-order chi connectivity index (χ1) is 18.2. The largest absolute Gasteiger partial charge is 0.385 e. The molecule has 38 heavy (non-hydrogen) atoms. The molecule has 0 rings (SSSR count). The highest BCUT2D eigenvalue weighted by Crippen LogP contribution is 2.21. The fourth-order valence-corrected chi connectivity index (χ4v) is 4.84. The van der Waals surface area contributed by atoms with E-state index >= 15 is 0 Å². The molecule has 0 bridgehead atoms. The highest BCUT2D eigenvalue weighted by molar-refractivity contribution is 5.36. The Kier molecular flexibility index (Phi) is 22.1. The first-order valence-corrected chi connectivity index (χ1v) is 15.3. The highest BCUT2D eigenvalue weighted by Gasteiger charge is 2.24. The summed E-state index contributed by atoms with van der Waals surface area (Å²) in [5.41, 5.74) is 0.246. The summed E-state index contributed by atoms with van der Waals surface area (Å²) in [5, 5.41) is 26.4. The van der Waals surface area contributed by atoms with Gasteiger partial charge in [-0.2, -0.15) is 10.5 Å². The number of nitrogens with one attached hydrogen (secondary N) is 2. The van der Waals surface area contributed by atoms with Gasteiger partial charge in [0.2, 0.25) is 0 Å². The van der Waals surface area contributed by atoms with Crippen LogP contribution >= 0.6 is 0 Å². The second kappa shape index (κ2) is 23.2. The Morgan fingerprint density at radius 1 is 0.500 bits per heavy atom. The molecule has 6 heteroatoms. The molecule has 0 aromatic carbocycles. The van der Waals surface area contributed by atoms with Crippen molar-refractivity contribution in [1.29, 1.82) is 10.5 Å². The van der Waals surface area contributed by atoms with Gasteiger partial charge in [0.15, 0.2) is 0 Å². The lowest BCUT2D eigenvalue weighted by Gasteiger charge is -2.30. The van der Waals surface area contributed by atoms with Gasteiger partial charge in [0.25, 0.3) is 0 Å². The van der Waals surface area contributed by atoms with Crippen LogP contribution in [0, 0.1) is 22.7 Å². The molecule has 0 unspecified atom stereocenters. The van der Waals surface area contributed by atoms with Crippen LogP contribution in [-0.4, -0.2) is 38.5 Å². The van der Waals surface area contributed by atoms with Gasteiger partial charge in [0.05, 0.1) is 0 Å². The molecule has 0 radical (unpaired) electrons. The summed E-state index contributed by atoms with van der Waals surface area (Å²) in [6.45, 7) is 10.2. The Bertz CT molecular complexity index is 631. The minimum absolute atomic E-state index is 0.233. The van der Waals surface area contributed by atoms with Crippen LogP contribution < -0.4 is 10.6 Å². The molecule has 0 aromatic rings. The molecular formula is C32H60N4O2. The first kappa shape index (κ1) is 36.2. The number of methoxy groups -OCH3 is 2. The SMILES string of the molecule is COCCCCCCCCCCC(C)(C)N/C(C#N)=C(/C#N)NC(C)(C)CCCCCCCCCCOC. The minimum Gasteiger partial charge on any atom is -0.385 e. The molecule has 0 fully saturated rings. The lowest BCUT2D eigenvalue weighted by Crippen LogP contribution is -2.43. The van der Waals surface area contributed by atoms with Crippen molar-refractivity contribution < 1.29 is 9.47 Å². The van der Waals surface area contributed by atoms with E-state index in [-0.39, 0.29) is 11.1 Å². The van der Waals surface area contributed by atoms with E-state index in [1.165, 1.54) is 77.0 Å². The molecule has 0 aliphatic rings. The maximum absolute atomic E-state index is 9.82. The minimum atomic E-state index is -0.233. The van der Waals surface area contributed by atoms with Crippen LogP contribution in [0.15, 0.2) is 11.4 Å². The zero-order valence-electron chi connectivity index (χ0n) is 25.9. The van der Waals surface area contributed by atoms with Gasteiger partial charge in [0, 0.05) is 38.5 Å². The summed E-state index contributed by atoms with van der Waals surface area (Å²) in [6.07, 6.45) is 21.7. The Morgan fingerprint density at radius 3 is 1.03 bits per heavy atom. The molecule has 220 valence electrons. The van der Waals surface area contributed by atoms with Crippen LogP contribution in [0.2, 0.25) is 0 Å². The molecular weight excluding hydrogens is 472 g/mol. The topological polar surface area (TPSA) is 90.1 Å². The van der Waals surface area contributed by atoms with E-state index in [9.17, 15) is 10.5 Å². The van der Waals surface area contributed by atoms with Crippen molar-refractivity contribution >= 4 is 0 Å². The number of nitrogens with zero attached hydrogens (tertiary/aromatic N) is 2. The van der Waals surface area contributed by atoms with E-state index in [1.807, 2.05) is 0 Å². The van der Waals surface area contributed by atoms with E-state index < -0.39 is 0 Å². The molecule has 0 amide bonds. The number of unbranched alkanes of at least 4 members (excludes halogenated alkanes) is 14. The van der Waals surface area contributed by atoms with Crippen molar-refractivity contribution in [2.24, 2.45) is 0 Å². The first-order valence-electron chi connectivity index (χ1n) is 15.3. The third-order valence-corrected chi connectivity index (χ3v) is 7.20. The molecule has 0 spiro atoms. The summed E-state index contributed by atoms with van der Waals surface area (Å²) < 4.78 is 10.2. The number of hydrogen-bond donors (Lipinski definition) is 2. The molecule has 0 aromatic heterocycles. The van der Waals surface area contributed by atoms with E-state index in [4.69, 9.17) is 9.47 Å². The molecule has 0 aliphatic heterocycles. The molecule has 0 aliphatic carbocycles. The van der Waals surface area contributed by atoms with Crippen molar-refractivity contribution in [2.45, 2.75) is 154 Å². The highest BCUT2D eigenvalue weighted by atomic mass is 16.5. The molecule has 0 saturated heterocycles. The molecule has 2 N–H and O–H groups in total. The lowest BCUT2D eigenvalue weighted by molar-refractivity contribution is 0.192. The van der Waals surface area contributed by atoms with Gasteiger partial charge in [-0.25, -0.2) is 0 Å². The van der Waals surface area contributed by atoms with Gasteiger partial charge in [-0.15, -0.1) is 0 Å². The predicted octanol–water partition coefficient (Wildman–Crippen LogP) is 8.30. The van der Waals surface area contributed by atoms with Crippen LogP contribution in [0.1, 0.15) is 143 Å². The fraction of sp³-hybridized carbons (Fsp3) is 0.875. The van der Waals surface area contributed by atoms with Crippen LogP contribution in [0.4, 0.5) is 0 Å². The zero-order chi connectivity index (χ0) is 28.5. The van der Waals surface area contributed by atoms with E-state index in [0.717, 1.165) is 51.7 Å². The van der Waals surface area contributed by atoms with E-state index in [0.29, 0.717) is 11.4 Å². The van der Waals surface area contributed by atoms with Crippen LogP contribution in [0.25, 0.3) is 0 Å². The normalized spacial score (nSPS) is 12.5. The fourth-order valence-electron chi connectivity index (χ4n) is 4.84. The second-order valence-electron chi connectivity index (χ2n) is 12.1. The van der Waals surface area contributed by atoms with E-state index in [2.05, 4.69) is 50.5 Å². The third-order valence-electron chi connectivity index (χ3n) is 7.20. The summed E-state index contributed by atoms with van der Waals surface area (Å²) in [4.78, 5) is 0. The molecule has 0 saturated carbocycles. The second-order valence-corrected chi connectivity index (χ2v) is 12.1. The van der Waals surface area contributed by atoms with Gasteiger partial charge in [0.1, 0.15) is 23.5 Å². The van der Waals surface area contributed by atoms with Gasteiger partial charge < -0.3 is 20.1 Å². The van der Waals surface area contributed by atoms with Crippen LogP contribution in [-0.2, 0) is 9.47 Å². The average Bonchev–Trinajstić information content (AvgIpc) is 2.88. The molecule has 0 atom stereocenters. The summed E-state index contributed by atoms with van der Waals surface area (Å²) >= 11 is 0. The van der Waals surface area contributed by atoms with Crippen LogP contribution in [0.5, 0.6) is 0 Å². The maximum atomic E-state index is 9.82. The number of nitriles is 2. The van der Waals surface area contributed by atoms with Crippen molar-refractivity contribution in [3.8, 4) is 12.1 Å². The molecule has 6 nitrogen and oxygen atoms in total. The van der Waals surface area contributed by atoms with Gasteiger partial charge in [-0.05, 0) is 53.4 Å². The number of allylic oxidation sites excluding steroid dienone is 2. The summed E-state index contributed by atoms with van der Waals surface area (Å²) in [6, 6.07) is 4.49. The quantitative estimate of drug-likeness (QED) is 0.0860. The molecule has 0 heterocycles. The third kappa shape index (κ3) is 21.2. The lowest BCUT2D eigenvalue weighted by atomic mass is 9.94. The predicted molar refractivity (Wildman–Crippen MR) is 160 cm³/mol. The van der Waals surface area contributed by atoms with Gasteiger partial charge in [-0.1, -0.05) is 89.9 Å². The van der Waals surface area contributed by atoms with Crippen molar-refractivity contribution in [3.63, 3.8) is 0 Å². The Morgan fingerprint density at radius 2 is 0.763 bits per heavy atom. The smallest absolute Gasteiger partial charge is 0.148 e. The Hall–Kier alpha value is -1.76. The number of hydrogen-bond acceptors (Lipinski definition) is 6. The average molecular weight is 533 g/mol. The number of ether oxygens (including phenoxy) is 2.